The van der Waals surface area contributed by atoms with Gasteiger partial charge in [0.05, 0.1) is 7.11 Å². The van der Waals surface area contributed by atoms with Crippen molar-refractivity contribution < 1.29 is 9.47 Å². The largest absolute Gasteiger partial charge is 0.619 e. The number of rotatable bonds is 6. The Kier molecular flexibility index (Phi) is 6.32. The number of likely N-dealkylation sites (tertiary alicyclic amines) is 1. The Hall–Kier alpha value is -1.59. The maximum absolute atomic E-state index is 11.7. The summed E-state index contributed by atoms with van der Waals surface area (Å²) >= 11 is 3.66. The van der Waals surface area contributed by atoms with Crippen molar-refractivity contribution in [2.45, 2.75) is 25.7 Å². The SMILES string of the molecule is COc1ccc(Br)c(CC2CCN(CCc3cccc[n+]3[O-])CC2)c1. The van der Waals surface area contributed by atoms with E-state index < -0.39 is 0 Å². The average Bonchev–Trinajstić information content (AvgIpc) is 2.64. The number of ether oxygens (including phenoxy) is 1. The summed E-state index contributed by atoms with van der Waals surface area (Å²) < 4.78 is 7.49. The predicted molar refractivity (Wildman–Crippen MR) is 103 cm³/mol. The first-order valence-corrected chi connectivity index (χ1v) is 9.67. The molecule has 0 spiro atoms. The molecule has 2 aromatic rings. The summed E-state index contributed by atoms with van der Waals surface area (Å²) in [5.74, 6) is 1.63. The van der Waals surface area contributed by atoms with Crippen LogP contribution >= 0.6 is 15.9 Å². The average molecular weight is 405 g/mol. The molecule has 5 heteroatoms. The van der Waals surface area contributed by atoms with E-state index in [1.54, 1.807) is 19.4 Å². The van der Waals surface area contributed by atoms with Gasteiger partial charge in [-0.2, -0.15) is 4.73 Å². The third-order valence-electron chi connectivity index (χ3n) is 5.06. The van der Waals surface area contributed by atoms with Gasteiger partial charge >= 0.3 is 0 Å². The molecule has 1 aromatic carbocycles. The van der Waals surface area contributed by atoms with Gasteiger partial charge in [0.25, 0.3) is 0 Å². The smallest absolute Gasteiger partial charge is 0.194 e. The minimum atomic E-state index is 0.709. The van der Waals surface area contributed by atoms with Gasteiger partial charge in [0, 0.05) is 29.6 Å². The molecule has 1 fully saturated rings. The topological polar surface area (TPSA) is 39.4 Å². The van der Waals surface area contributed by atoms with E-state index in [9.17, 15) is 5.21 Å². The van der Waals surface area contributed by atoms with Crippen molar-refractivity contribution in [2.75, 3.05) is 26.7 Å². The Labute approximate surface area is 158 Å². The van der Waals surface area contributed by atoms with Gasteiger partial charge in [-0.1, -0.05) is 22.0 Å². The van der Waals surface area contributed by atoms with Crippen molar-refractivity contribution in [1.29, 1.82) is 0 Å². The lowest BCUT2D eigenvalue weighted by molar-refractivity contribution is -0.614. The van der Waals surface area contributed by atoms with Crippen LogP contribution in [0.3, 0.4) is 0 Å². The highest BCUT2D eigenvalue weighted by molar-refractivity contribution is 9.10. The van der Waals surface area contributed by atoms with Crippen molar-refractivity contribution >= 4 is 15.9 Å². The summed E-state index contributed by atoms with van der Waals surface area (Å²) in [7, 11) is 1.71. The highest BCUT2D eigenvalue weighted by Crippen LogP contribution is 2.28. The van der Waals surface area contributed by atoms with Crippen LogP contribution in [0.15, 0.2) is 47.1 Å². The number of benzene rings is 1. The first kappa shape index (κ1) is 18.2. The van der Waals surface area contributed by atoms with E-state index in [0.29, 0.717) is 5.92 Å². The van der Waals surface area contributed by atoms with Gasteiger partial charge in [-0.15, -0.1) is 0 Å². The van der Waals surface area contributed by atoms with Gasteiger partial charge in [-0.05, 0) is 62.0 Å². The number of methoxy groups -OCH3 is 1. The third-order valence-corrected chi connectivity index (χ3v) is 5.83. The molecule has 4 nitrogen and oxygen atoms in total. The summed E-state index contributed by atoms with van der Waals surface area (Å²) in [6, 6.07) is 11.8. The van der Waals surface area contributed by atoms with E-state index >= 15 is 0 Å². The monoisotopic (exact) mass is 404 g/mol. The molecule has 1 aliphatic rings. The minimum absolute atomic E-state index is 0.709. The van der Waals surface area contributed by atoms with Crippen molar-refractivity contribution in [2.24, 2.45) is 5.92 Å². The molecule has 0 radical (unpaired) electrons. The molecular weight excluding hydrogens is 380 g/mol. The summed E-state index contributed by atoms with van der Waals surface area (Å²) in [6.07, 6.45) is 5.89. The zero-order valence-corrected chi connectivity index (χ0v) is 16.2. The lowest BCUT2D eigenvalue weighted by Gasteiger charge is -2.32. The van der Waals surface area contributed by atoms with Crippen LogP contribution in [0.25, 0.3) is 0 Å². The molecule has 0 N–H and O–H groups in total. The van der Waals surface area contributed by atoms with Crippen LogP contribution in [0.2, 0.25) is 0 Å². The lowest BCUT2D eigenvalue weighted by atomic mass is 9.90. The molecule has 0 bridgehead atoms. The molecule has 0 amide bonds. The maximum Gasteiger partial charge on any atom is 0.194 e. The summed E-state index contributed by atoms with van der Waals surface area (Å²) in [6.45, 7) is 3.18. The fourth-order valence-corrected chi connectivity index (χ4v) is 3.90. The molecular formula is C20H25BrN2O2. The second kappa shape index (κ2) is 8.68. The number of nitrogens with zero attached hydrogens (tertiary/aromatic N) is 2. The Morgan fingerprint density at radius 2 is 2.04 bits per heavy atom. The predicted octanol–water partition coefficient (Wildman–Crippen LogP) is 3.59. The van der Waals surface area contributed by atoms with Gasteiger partial charge in [0.15, 0.2) is 11.9 Å². The second-order valence-corrected chi connectivity index (χ2v) is 7.57. The molecule has 0 saturated carbocycles. The molecule has 3 rings (SSSR count). The van der Waals surface area contributed by atoms with E-state index in [4.69, 9.17) is 4.74 Å². The van der Waals surface area contributed by atoms with E-state index in [1.807, 2.05) is 18.2 Å². The fourth-order valence-electron chi connectivity index (χ4n) is 3.49. The standard InChI is InChI=1S/C20H25BrN2O2/c1-25-19-5-6-20(21)17(15-19)14-16-7-11-22(12-8-16)13-9-18-4-2-3-10-23(18)24/h2-6,10,15-16H,7-9,11-14H2,1H3. The van der Waals surface area contributed by atoms with Crippen LogP contribution in [0.5, 0.6) is 5.75 Å². The fraction of sp³-hybridized carbons (Fsp3) is 0.450. The van der Waals surface area contributed by atoms with Crippen molar-refractivity contribution in [3.8, 4) is 5.75 Å². The van der Waals surface area contributed by atoms with Crippen molar-refractivity contribution in [3.63, 3.8) is 0 Å². The highest BCUT2D eigenvalue weighted by atomic mass is 79.9. The van der Waals surface area contributed by atoms with Gasteiger partial charge in [0.1, 0.15) is 5.75 Å². The quantitative estimate of drug-likeness (QED) is 0.545. The first-order chi connectivity index (χ1) is 12.2. The Morgan fingerprint density at radius 1 is 1.24 bits per heavy atom. The van der Waals surface area contributed by atoms with Gasteiger partial charge < -0.3 is 14.8 Å². The minimum Gasteiger partial charge on any atom is -0.619 e. The number of aromatic nitrogens is 1. The number of pyridine rings is 1. The number of hydrogen-bond donors (Lipinski definition) is 0. The zero-order valence-electron chi connectivity index (χ0n) is 14.7. The summed E-state index contributed by atoms with van der Waals surface area (Å²) in [5.41, 5.74) is 2.18. The van der Waals surface area contributed by atoms with E-state index in [2.05, 4.69) is 33.0 Å². The number of piperidine rings is 1. The van der Waals surface area contributed by atoms with Crippen LogP contribution < -0.4 is 9.47 Å². The van der Waals surface area contributed by atoms with Crippen LogP contribution in [0, 0.1) is 11.1 Å². The second-order valence-electron chi connectivity index (χ2n) is 6.71. The van der Waals surface area contributed by atoms with Crippen LogP contribution in [-0.4, -0.2) is 31.6 Å². The van der Waals surface area contributed by atoms with Gasteiger partial charge in [-0.3, -0.25) is 0 Å². The molecule has 0 unspecified atom stereocenters. The molecule has 1 aliphatic heterocycles. The molecule has 0 aliphatic carbocycles. The summed E-state index contributed by atoms with van der Waals surface area (Å²) in [4.78, 5) is 2.48. The maximum atomic E-state index is 11.7. The third kappa shape index (κ3) is 4.95. The molecule has 2 heterocycles. The van der Waals surface area contributed by atoms with Gasteiger partial charge in [-0.25, -0.2) is 0 Å². The normalized spacial score (nSPS) is 16.1. The van der Waals surface area contributed by atoms with Gasteiger partial charge in [0.2, 0.25) is 0 Å². The van der Waals surface area contributed by atoms with Crippen molar-refractivity contribution in [1.82, 2.24) is 4.90 Å². The van der Waals surface area contributed by atoms with Crippen LogP contribution in [0.4, 0.5) is 0 Å². The highest BCUT2D eigenvalue weighted by Gasteiger charge is 2.21. The molecule has 0 atom stereocenters. The first-order valence-electron chi connectivity index (χ1n) is 8.87. The molecule has 134 valence electrons. The Balaban J connectivity index is 1.48. The molecule has 25 heavy (non-hydrogen) atoms. The van der Waals surface area contributed by atoms with Crippen molar-refractivity contribution in [3.05, 3.63) is 63.5 Å². The summed E-state index contributed by atoms with van der Waals surface area (Å²) in [5, 5.41) is 11.7. The van der Waals surface area contributed by atoms with E-state index in [1.165, 1.54) is 22.9 Å². The molecule has 1 saturated heterocycles. The van der Waals surface area contributed by atoms with E-state index in [-0.39, 0.29) is 0 Å². The molecule has 1 aromatic heterocycles. The lowest BCUT2D eigenvalue weighted by Crippen LogP contribution is -2.38. The van der Waals surface area contributed by atoms with Crippen LogP contribution in [-0.2, 0) is 12.8 Å². The van der Waals surface area contributed by atoms with Crippen LogP contribution in [0.1, 0.15) is 24.1 Å². The number of hydrogen-bond acceptors (Lipinski definition) is 3. The Bertz CT molecular complexity index is 700. The van der Waals surface area contributed by atoms with E-state index in [0.717, 1.165) is 48.6 Å². The number of halogens is 1. The Morgan fingerprint density at radius 3 is 2.76 bits per heavy atom. The zero-order chi connectivity index (χ0) is 17.6.